The molecular formula is C20H33N. The highest BCUT2D eigenvalue weighted by Gasteiger charge is 2.35. The van der Waals surface area contributed by atoms with Gasteiger partial charge in [0.2, 0.25) is 0 Å². The van der Waals surface area contributed by atoms with Crippen molar-refractivity contribution in [2.45, 2.75) is 78.3 Å². The van der Waals surface area contributed by atoms with Crippen LogP contribution < -0.4 is 5.32 Å². The summed E-state index contributed by atoms with van der Waals surface area (Å²) in [4.78, 5) is 0. The van der Waals surface area contributed by atoms with Gasteiger partial charge in [0.1, 0.15) is 0 Å². The highest BCUT2D eigenvalue weighted by molar-refractivity contribution is 5.19. The maximum absolute atomic E-state index is 4.03. The standard InChI is InChI=1S/C20H33N/c1-5-11-18(16-12-7-6-8-13-16)21-19-15-10-9-14-17(19)20(2,3)4/h6-8,12-13,17-19,21H,5,9-11,14-15H2,1-4H3. The fraction of sp³-hybridized carbons (Fsp3) is 0.700. The van der Waals surface area contributed by atoms with Gasteiger partial charge in [-0.2, -0.15) is 0 Å². The van der Waals surface area contributed by atoms with E-state index in [1.54, 1.807) is 0 Å². The molecule has 0 saturated heterocycles. The zero-order chi connectivity index (χ0) is 15.3. The Morgan fingerprint density at radius 1 is 1.10 bits per heavy atom. The van der Waals surface area contributed by atoms with E-state index < -0.39 is 0 Å². The molecule has 1 saturated carbocycles. The number of benzene rings is 1. The van der Waals surface area contributed by atoms with Gasteiger partial charge in [0.25, 0.3) is 0 Å². The molecule has 0 aromatic heterocycles. The Labute approximate surface area is 131 Å². The molecule has 0 amide bonds. The zero-order valence-corrected chi connectivity index (χ0v) is 14.4. The molecule has 1 heteroatoms. The molecule has 21 heavy (non-hydrogen) atoms. The van der Waals surface area contributed by atoms with Crippen molar-refractivity contribution < 1.29 is 0 Å². The SMILES string of the molecule is CCCC(NC1CCCCC1C(C)(C)C)c1ccccc1. The maximum Gasteiger partial charge on any atom is 0.0322 e. The minimum atomic E-state index is 0.408. The quantitative estimate of drug-likeness (QED) is 0.730. The van der Waals surface area contributed by atoms with Crippen molar-refractivity contribution in [3.63, 3.8) is 0 Å². The molecule has 1 aromatic rings. The van der Waals surface area contributed by atoms with E-state index in [4.69, 9.17) is 0 Å². The largest absolute Gasteiger partial charge is 0.307 e. The Morgan fingerprint density at radius 2 is 1.76 bits per heavy atom. The Balaban J connectivity index is 2.11. The lowest BCUT2D eigenvalue weighted by Gasteiger charge is -2.42. The molecule has 1 aliphatic rings. The molecule has 118 valence electrons. The summed E-state index contributed by atoms with van der Waals surface area (Å²) in [6.07, 6.45) is 7.99. The smallest absolute Gasteiger partial charge is 0.0322 e. The van der Waals surface area contributed by atoms with Crippen molar-refractivity contribution in [1.82, 2.24) is 5.32 Å². The first-order valence-corrected chi connectivity index (χ1v) is 8.83. The summed E-state index contributed by atoms with van der Waals surface area (Å²) in [5, 5.41) is 4.03. The van der Waals surface area contributed by atoms with Gasteiger partial charge in [0.15, 0.2) is 0 Å². The van der Waals surface area contributed by atoms with E-state index in [0.29, 0.717) is 17.5 Å². The average molecular weight is 287 g/mol. The highest BCUT2D eigenvalue weighted by Crippen LogP contribution is 2.39. The van der Waals surface area contributed by atoms with E-state index in [0.717, 1.165) is 5.92 Å². The summed E-state index contributed by atoms with van der Waals surface area (Å²) in [7, 11) is 0. The Bertz CT molecular complexity index is 404. The van der Waals surface area contributed by atoms with Gasteiger partial charge in [-0.15, -0.1) is 0 Å². The minimum Gasteiger partial charge on any atom is -0.307 e. The Hall–Kier alpha value is -0.820. The van der Waals surface area contributed by atoms with Gasteiger partial charge < -0.3 is 5.32 Å². The third kappa shape index (κ3) is 4.57. The lowest BCUT2D eigenvalue weighted by atomic mass is 9.69. The molecule has 1 aliphatic carbocycles. The molecule has 0 bridgehead atoms. The predicted octanol–water partition coefficient (Wildman–Crippen LogP) is 5.72. The summed E-state index contributed by atoms with van der Waals surface area (Å²) in [6, 6.07) is 12.2. The minimum absolute atomic E-state index is 0.408. The van der Waals surface area contributed by atoms with Gasteiger partial charge >= 0.3 is 0 Å². The summed E-state index contributed by atoms with van der Waals surface area (Å²) in [6.45, 7) is 9.53. The van der Waals surface area contributed by atoms with Crippen molar-refractivity contribution in [3.05, 3.63) is 35.9 Å². The van der Waals surface area contributed by atoms with Crippen LogP contribution in [0.25, 0.3) is 0 Å². The van der Waals surface area contributed by atoms with Crippen LogP contribution in [0.3, 0.4) is 0 Å². The number of hydrogen-bond donors (Lipinski definition) is 1. The van der Waals surface area contributed by atoms with E-state index in [1.807, 2.05) is 0 Å². The molecule has 1 N–H and O–H groups in total. The lowest BCUT2D eigenvalue weighted by Crippen LogP contribution is -2.45. The van der Waals surface area contributed by atoms with Crippen molar-refractivity contribution in [3.8, 4) is 0 Å². The average Bonchev–Trinajstić information content (AvgIpc) is 2.47. The summed E-state index contributed by atoms with van der Waals surface area (Å²) < 4.78 is 0. The van der Waals surface area contributed by atoms with Gasteiger partial charge in [0.05, 0.1) is 0 Å². The normalized spacial score (nSPS) is 24.8. The van der Waals surface area contributed by atoms with Crippen molar-refractivity contribution >= 4 is 0 Å². The third-order valence-electron chi connectivity index (χ3n) is 5.07. The summed E-state index contributed by atoms with van der Waals surface area (Å²) in [5.41, 5.74) is 1.86. The molecule has 0 aliphatic heterocycles. The zero-order valence-electron chi connectivity index (χ0n) is 14.4. The number of rotatable bonds is 5. The molecular weight excluding hydrogens is 254 g/mol. The highest BCUT2D eigenvalue weighted by atomic mass is 15.0. The summed E-state index contributed by atoms with van der Waals surface area (Å²) >= 11 is 0. The van der Waals surface area contributed by atoms with Crippen molar-refractivity contribution in [2.24, 2.45) is 11.3 Å². The molecule has 0 spiro atoms. The molecule has 0 radical (unpaired) electrons. The molecule has 3 unspecified atom stereocenters. The monoisotopic (exact) mass is 287 g/mol. The van der Waals surface area contributed by atoms with Gasteiger partial charge in [-0.3, -0.25) is 0 Å². The first kappa shape index (κ1) is 16.5. The lowest BCUT2D eigenvalue weighted by molar-refractivity contribution is 0.121. The molecule has 1 fully saturated rings. The van der Waals surface area contributed by atoms with E-state index in [9.17, 15) is 0 Å². The van der Waals surface area contributed by atoms with Gasteiger partial charge in [0, 0.05) is 12.1 Å². The van der Waals surface area contributed by atoms with Crippen LogP contribution in [0, 0.1) is 11.3 Å². The molecule has 2 rings (SSSR count). The number of nitrogens with one attached hydrogen (secondary N) is 1. The van der Waals surface area contributed by atoms with E-state index >= 15 is 0 Å². The van der Waals surface area contributed by atoms with E-state index in [1.165, 1.54) is 44.1 Å². The van der Waals surface area contributed by atoms with E-state index in [2.05, 4.69) is 63.3 Å². The topological polar surface area (TPSA) is 12.0 Å². The molecule has 1 aromatic carbocycles. The van der Waals surface area contributed by atoms with Crippen LogP contribution >= 0.6 is 0 Å². The second-order valence-corrected chi connectivity index (χ2v) is 7.78. The van der Waals surface area contributed by atoms with Crippen LogP contribution in [0.2, 0.25) is 0 Å². The Morgan fingerprint density at radius 3 is 2.38 bits per heavy atom. The van der Waals surface area contributed by atoms with Crippen LogP contribution in [0.1, 0.15) is 77.8 Å². The molecule has 0 heterocycles. The van der Waals surface area contributed by atoms with Crippen LogP contribution in [0.4, 0.5) is 0 Å². The number of hydrogen-bond acceptors (Lipinski definition) is 1. The van der Waals surface area contributed by atoms with E-state index in [-0.39, 0.29) is 0 Å². The second kappa shape index (κ2) is 7.45. The predicted molar refractivity (Wildman–Crippen MR) is 92.4 cm³/mol. The Kier molecular flexibility index (Phi) is 5.87. The molecule has 1 nitrogen and oxygen atoms in total. The van der Waals surface area contributed by atoms with Crippen molar-refractivity contribution in [1.29, 1.82) is 0 Å². The van der Waals surface area contributed by atoms with Crippen LogP contribution in [0.15, 0.2) is 30.3 Å². The van der Waals surface area contributed by atoms with Crippen molar-refractivity contribution in [2.75, 3.05) is 0 Å². The first-order chi connectivity index (χ1) is 10.0. The fourth-order valence-corrected chi connectivity index (χ4v) is 3.95. The van der Waals surface area contributed by atoms with Gasteiger partial charge in [-0.1, -0.05) is 77.3 Å². The third-order valence-corrected chi connectivity index (χ3v) is 5.07. The summed E-state index contributed by atoms with van der Waals surface area (Å²) in [5.74, 6) is 0.800. The van der Waals surface area contributed by atoms with Crippen LogP contribution in [-0.4, -0.2) is 6.04 Å². The van der Waals surface area contributed by atoms with Gasteiger partial charge in [-0.05, 0) is 36.2 Å². The second-order valence-electron chi connectivity index (χ2n) is 7.78. The fourth-order valence-electron chi connectivity index (χ4n) is 3.95. The van der Waals surface area contributed by atoms with Crippen LogP contribution in [-0.2, 0) is 0 Å². The molecule has 3 atom stereocenters. The van der Waals surface area contributed by atoms with Gasteiger partial charge in [-0.25, -0.2) is 0 Å². The maximum atomic E-state index is 4.03. The first-order valence-electron chi connectivity index (χ1n) is 8.83. The van der Waals surface area contributed by atoms with Crippen LogP contribution in [0.5, 0.6) is 0 Å².